The van der Waals surface area contributed by atoms with E-state index >= 15 is 0 Å². The Bertz CT molecular complexity index is 523. The fourth-order valence-corrected chi connectivity index (χ4v) is 5.63. The van der Waals surface area contributed by atoms with Crippen LogP contribution in [0.1, 0.15) is 51.4 Å². The molecule has 2 rings (SSSR count). The van der Waals surface area contributed by atoms with Crippen molar-refractivity contribution in [2.24, 2.45) is 5.73 Å². The molecule has 2 saturated heterocycles. The Morgan fingerprint density at radius 1 is 1.22 bits per heavy atom. The molecule has 7 nitrogen and oxygen atoms in total. The normalized spacial score (nSPS) is 24.8. The third kappa shape index (κ3) is 7.77. The van der Waals surface area contributed by atoms with Crippen LogP contribution in [0.5, 0.6) is 0 Å². The number of Topliss-reactive ketones (excluding diaryl/α,β-unsaturated/α-hetero) is 1. The number of amides is 3. The van der Waals surface area contributed by atoms with E-state index in [-0.39, 0.29) is 35.8 Å². The first-order valence-corrected chi connectivity index (χ1v) is 12.4. The minimum atomic E-state index is -0.335. The molecular weight excluding hydrogens is 479 g/mol. The standard InChI is InChI=1S/C18H31IN4O3S/c19-10-14(24)12(20)6-2-1-5-9-21-16(25)8-4-3-7-15-17-13(11-27-15)22-18(26)23-17/h12-13,15,17H,1-11,20H2,(H,21,25)(H2,22,23,26)/t12?,13-,15-,17-/m0/s1. The number of urea groups is 1. The van der Waals surface area contributed by atoms with E-state index < -0.39 is 0 Å². The molecule has 27 heavy (non-hydrogen) atoms. The first kappa shape index (κ1) is 22.7. The van der Waals surface area contributed by atoms with Gasteiger partial charge in [0, 0.05) is 24.0 Å². The summed E-state index contributed by atoms with van der Waals surface area (Å²) in [5.41, 5.74) is 5.79. The van der Waals surface area contributed by atoms with Crippen molar-refractivity contribution in [3.8, 4) is 0 Å². The maximum atomic E-state index is 11.9. The smallest absolute Gasteiger partial charge is 0.315 e. The van der Waals surface area contributed by atoms with Crippen molar-refractivity contribution >= 4 is 52.1 Å². The van der Waals surface area contributed by atoms with E-state index in [1.165, 1.54) is 0 Å². The van der Waals surface area contributed by atoms with Crippen LogP contribution in [0.25, 0.3) is 0 Å². The van der Waals surface area contributed by atoms with Gasteiger partial charge in [0.2, 0.25) is 5.91 Å². The molecule has 0 radical (unpaired) electrons. The Labute approximate surface area is 179 Å². The van der Waals surface area contributed by atoms with Gasteiger partial charge in [0.25, 0.3) is 0 Å². The van der Waals surface area contributed by atoms with Gasteiger partial charge < -0.3 is 21.7 Å². The van der Waals surface area contributed by atoms with Crippen molar-refractivity contribution in [2.75, 3.05) is 16.7 Å². The predicted molar refractivity (Wildman–Crippen MR) is 117 cm³/mol. The number of carbonyl (C=O) groups is 3. The summed E-state index contributed by atoms with van der Waals surface area (Å²) in [6.45, 7) is 0.689. The van der Waals surface area contributed by atoms with Crippen LogP contribution in [0.4, 0.5) is 4.79 Å². The summed E-state index contributed by atoms with van der Waals surface area (Å²) in [5, 5.41) is 9.37. The number of nitrogens with two attached hydrogens (primary N) is 1. The number of halogens is 1. The van der Waals surface area contributed by atoms with Crippen molar-refractivity contribution in [1.82, 2.24) is 16.0 Å². The average molecular weight is 510 g/mol. The van der Waals surface area contributed by atoms with Gasteiger partial charge in [-0.2, -0.15) is 11.8 Å². The summed E-state index contributed by atoms with van der Waals surface area (Å²) in [4.78, 5) is 34.6. The number of unbranched alkanes of at least 4 members (excludes halogenated alkanes) is 3. The number of ketones is 1. The topological polar surface area (TPSA) is 113 Å². The van der Waals surface area contributed by atoms with Crippen LogP contribution < -0.4 is 21.7 Å². The number of thioether (sulfide) groups is 1. The quantitative estimate of drug-likeness (QED) is 0.131. The molecule has 2 heterocycles. The lowest BCUT2D eigenvalue weighted by atomic mass is 10.0. The molecule has 0 spiro atoms. The third-order valence-corrected chi connectivity index (χ3v) is 7.40. The largest absolute Gasteiger partial charge is 0.356 e. The second-order valence-electron chi connectivity index (χ2n) is 7.27. The predicted octanol–water partition coefficient (Wildman–Crippen LogP) is 1.72. The molecule has 5 N–H and O–H groups in total. The van der Waals surface area contributed by atoms with Crippen LogP contribution in [-0.2, 0) is 9.59 Å². The lowest BCUT2D eigenvalue weighted by Crippen LogP contribution is -2.36. The van der Waals surface area contributed by atoms with Crippen molar-refractivity contribution in [3.05, 3.63) is 0 Å². The highest BCUT2D eigenvalue weighted by Gasteiger charge is 2.42. The summed E-state index contributed by atoms with van der Waals surface area (Å²) in [6, 6.07) is 0.132. The van der Waals surface area contributed by atoms with Gasteiger partial charge >= 0.3 is 6.03 Å². The van der Waals surface area contributed by atoms with Crippen LogP contribution in [0.15, 0.2) is 0 Å². The maximum absolute atomic E-state index is 11.9. The van der Waals surface area contributed by atoms with Crippen LogP contribution in [-0.4, -0.2) is 57.8 Å². The molecule has 0 aliphatic carbocycles. The van der Waals surface area contributed by atoms with Gasteiger partial charge in [-0.3, -0.25) is 9.59 Å². The van der Waals surface area contributed by atoms with Crippen LogP contribution >= 0.6 is 34.4 Å². The Hall–Kier alpha value is -0.550. The van der Waals surface area contributed by atoms with Gasteiger partial charge in [-0.25, -0.2) is 4.79 Å². The summed E-state index contributed by atoms with van der Waals surface area (Å²) >= 11 is 3.96. The average Bonchev–Trinajstić information content (AvgIpc) is 3.20. The minimum Gasteiger partial charge on any atom is -0.356 e. The van der Waals surface area contributed by atoms with E-state index in [1.807, 2.05) is 34.4 Å². The summed E-state index contributed by atoms with van der Waals surface area (Å²) in [6.07, 6.45) is 7.04. The first-order chi connectivity index (χ1) is 13.0. The zero-order valence-corrected chi connectivity index (χ0v) is 18.6. The minimum absolute atomic E-state index is 0.0479. The van der Waals surface area contributed by atoms with E-state index in [9.17, 15) is 14.4 Å². The molecule has 0 aromatic carbocycles. The highest BCUT2D eigenvalue weighted by molar-refractivity contribution is 14.1. The Morgan fingerprint density at radius 2 is 2.04 bits per heavy atom. The fraction of sp³-hybridized carbons (Fsp3) is 0.833. The van der Waals surface area contributed by atoms with Crippen LogP contribution in [0.2, 0.25) is 0 Å². The highest BCUT2D eigenvalue weighted by atomic mass is 127. The van der Waals surface area contributed by atoms with Crippen molar-refractivity contribution in [1.29, 1.82) is 0 Å². The molecule has 2 aliphatic heterocycles. The number of fused-ring (bicyclic) bond motifs is 1. The highest BCUT2D eigenvalue weighted by Crippen LogP contribution is 2.33. The van der Waals surface area contributed by atoms with Crippen LogP contribution in [0.3, 0.4) is 0 Å². The monoisotopic (exact) mass is 510 g/mol. The molecule has 2 aliphatic rings. The van der Waals surface area contributed by atoms with Gasteiger partial charge in [-0.1, -0.05) is 41.9 Å². The van der Waals surface area contributed by atoms with Crippen LogP contribution in [0, 0.1) is 0 Å². The SMILES string of the molecule is NC(CCCCCNC(=O)CCCC[C@@H]1SC[C@@H]2NC(=O)N[C@@H]21)C(=O)CI. The fourth-order valence-electron chi connectivity index (χ4n) is 3.52. The number of rotatable bonds is 13. The molecule has 0 bridgehead atoms. The molecule has 2 fully saturated rings. The van der Waals surface area contributed by atoms with E-state index in [1.54, 1.807) is 0 Å². The number of alkyl halides is 1. The lowest BCUT2D eigenvalue weighted by molar-refractivity contribution is -0.121. The van der Waals surface area contributed by atoms with Gasteiger partial charge in [0.05, 0.1) is 22.6 Å². The third-order valence-electron chi connectivity index (χ3n) is 5.14. The van der Waals surface area contributed by atoms with Crippen molar-refractivity contribution in [2.45, 2.75) is 74.7 Å². The summed E-state index contributed by atoms with van der Waals surface area (Å²) in [5.74, 6) is 1.20. The van der Waals surface area contributed by atoms with Crippen molar-refractivity contribution < 1.29 is 14.4 Å². The number of hydrogen-bond acceptors (Lipinski definition) is 5. The molecule has 4 atom stereocenters. The summed E-state index contributed by atoms with van der Waals surface area (Å²) in [7, 11) is 0. The summed E-state index contributed by atoms with van der Waals surface area (Å²) < 4.78 is 0.473. The Balaban J connectivity index is 1.43. The number of carbonyl (C=O) groups excluding carboxylic acids is 3. The second kappa shape index (κ2) is 12.1. The van der Waals surface area contributed by atoms with E-state index in [0.29, 0.717) is 22.6 Å². The molecular formula is C18H31IN4O3S. The van der Waals surface area contributed by atoms with E-state index in [4.69, 9.17) is 5.73 Å². The zero-order valence-electron chi connectivity index (χ0n) is 15.7. The lowest BCUT2D eigenvalue weighted by Gasteiger charge is -2.16. The van der Waals surface area contributed by atoms with E-state index in [2.05, 4.69) is 16.0 Å². The van der Waals surface area contributed by atoms with Gasteiger partial charge in [-0.05, 0) is 25.7 Å². The molecule has 1 unspecified atom stereocenters. The van der Waals surface area contributed by atoms with Crippen molar-refractivity contribution in [3.63, 3.8) is 0 Å². The van der Waals surface area contributed by atoms with Gasteiger partial charge in [0.15, 0.2) is 5.78 Å². The van der Waals surface area contributed by atoms with E-state index in [0.717, 1.165) is 50.7 Å². The molecule has 3 amide bonds. The Kier molecular flexibility index (Phi) is 10.2. The Morgan fingerprint density at radius 3 is 2.81 bits per heavy atom. The molecule has 0 aromatic rings. The molecule has 0 aromatic heterocycles. The first-order valence-electron chi connectivity index (χ1n) is 9.81. The molecule has 0 saturated carbocycles. The number of hydrogen-bond donors (Lipinski definition) is 4. The molecule has 9 heteroatoms. The maximum Gasteiger partial charge on any atom is 0.315 e. The van der Waals surface area contributed by atoms with Gasteiger partial charge in [-0.15, -0.1) is 0 Å². The zero-order chi connectivity index (χ0) is 19.6. The number of nitrogens with one attached hydrogen (secondary N) is 3. The second-order valence-corrected chi connectivity index (χ2v) is 9.31. The van der Waals surface area contributed by atoms with Gasteiger partial charge in [0.1, 0.15) is 0 Å². The molecule has 154 valence electrons.